The molecule has 0 fully saturated rings. The van der Waals surface area contributed by atoms with Gasteiger partial charge in [0.2, 0.25) is 0 Å². The highest BCUT2D eigenvalue weighted by molar-refractivity contribution is 5.79. The Hall–Kier alpha value is -1.11. The van der Waals surface area contributed by atoms with Crippen LogP contribution in [0.3, 0.4) is 0 Å². The van der Waals surface area contributed by atoms with Crippen LogP contribution in [0.5, 0.6) is 0 Å². The molecule has 0 radical (unpaired) electrons. The molecule has 1 aliphatic carbocycles. The molecule has 1 rings (SSSR count). The number of rotatable bonds is 1. The standard InChI is InChI=1S/C10H13N/c1-9-4-3-5-10(7-6-9)8-11-2/h3-4,6-8H,5H2,1-2H3. The molecule has 0 saturated carbocycles. The Morgan fingerprint density at radius 2 is 2.27 bits per heavy atom. The summed E-state index contributed by atoms with van der Waals surface area (Å²) in [7, 11) is 1.80. The molecule has 11 heavy (non-hydrogen) atoms. The molecule has 1 nitrogen and oxygen atoms in total. The molecule has 0 aromatic carbocycles. The summed E-state index contributed by atoms with van der Waals surface area (Å²) in [5.41, 5.74) is 2.56. The first-order valence-electron chi connectivity index (χ1n) is 3.79. The van der Waals surface area contributed by atoms with Gasteiger partial charge in [-0.15, -0.1) is 0 Å². The van der Waals surface area contributed by atoms with Crippen LogP contribution in [0.2, 0.25) is 0 Å². The largest absolute Gasteiger partial charge is 0.296 e. The number of hydrogen-bond acceptors (Lipinski definition) is 1. The first-order valence-corrected chi connectivity index (χ1v) is 3.79. The van der Waals surface area contributed by atoms with E-state index in [1.807, 2.05) is 6.21 Å². The van der Waals surface area contributed by atoms with E-state index in [2.05, 4.69) is 36.2 Å². The fourth-order valence-electron chi connectivity index (χ4n) is 1.00. The van der Waals surface area contributed by atoms with Gasteiger partial charge in [0.25, 0.3) is 0 Å². The van der Waals surface area contributed by atoms with Gasteiger partial charge < -0.3 is 0 Å². The zero-order chi connectivity index (χ0) is 8.10. The van der Waals surface area contributed by atoms with Crippen molar-refractivity contribution in [2.75, 3.05) is 7.05 Å². The molecule has 58 valence electrons. The van der Waals surface area contributed by atoms with E-state index in [0.717, 1.165) is 6.42 Å². The molecule has 0 aromatic rings. The SMILES string of the molecule is CN=CC1=CC=C(C)C=CC1. The molecule has 0 saturated heterocycles. The van der Waals surface area contributed by atoms with Gasteiger partial charge in [-0.2, -0.15) is 0 Å². The van der Waals surface area contributed by atoms with E-state index in [1.165, 1.54) is 11.1 Å². The predicted octanol–water partition coefficient (Wildman–Crippen LogP) is 2.52. The average molecular weight is 147 g/mol. The molecular formula is C10H13N. The van der Waals surface area contributed by atoms with Crippen molar-refractivity contribution in [3.05, 3.63) is 35.5 Å². The summed E-state index contributed by atoms with van der Waals surface area (Å²) in [5, 5.41) is 0. The van der Waals surface area contributed by atoms with Crippen LogP contribution in [-0.2, 0) is 0 Å². The highest BCUT2D eigenvalue weighted by Crippen LogP contribution is 2.08. The number of aliphatic imine (C=N–C) groups is 1. The van der Waals surface area contributed by atoms with Crippen LogP contribution in [0.15, 0.2) is 40.4 Å². The number of allylic oxidation sites excluding steroid dienone is 6. The van der Waals surface area contributed by atoms with Crippen molar-refractivity contribution in [1.29, 1.82) is 0 Å². The van der Waals surface area contributed by atoms with E-state index in [9.17, 15) is 0 Å². The molecule has 0 aromatic heterocycles. The second-order valence-electron chi connectivity index (χ2n) is 2.65. The highest BCUT2D eigenvalue weighted by atomic mass is 14.6. The van der Waals surface area contributed by atoms with Crippen molar-refractivity contribution in [3.8, 4) is 0 Å². The minimum absolute atomic E-state index is 0.991. The molecule has 0 amide bonds. The average Bonchev–Trinajstić information content (AvgIpc) is 2.17. The third-order valence-electron chi connectivity index (χ3n) is 1.59. The summed E-state index contributed by atoms with van der Waals surface area (Å²) in [4.78, 5) is 3.97. The van der Waals surface area contributed by atoms with E-state index in [0.29, 0.717) is 0 Å². The van der Waals surface area contributed by atoms with Gasteiger partial charge in [-0.3, -0.25) is 4.99 Å². The topological polar surface area (TPSA) is 12.4 Å². The van der Waals surface area contributed by atoms with Gasteiger partial charge in [0, 0.05) is 13.3 Å². The van der Waals surface area contributed by atoms with Crippen LogP contribution in [0.4, 0.5) is 0 Å². The van der Waals surface area contributed by atoms with Crippen LogP contribution < -0.4 is 0 Å². The maximum absolute atomic E-state index is 3.97. The summed E-state index contributed by atoms with van der Waals surface area (Å²) in [6.07, 6.45) is 11.4. The van der Waals surface area contributed by atoms with E-state index in [1.54, 1.807) is 7.05 Å². The van der Waals surface area contributed by atoms with Gasteiger partial charge in [-0.05, 0) is 18.9 Å². The van der Waals surface area contributed by atoms with Crippen LogP contribution in [-0.4, -0.2) is 13.3 Å². The predicted molar refractivity (Wildman–Crippen MR) is 50.0 cm³/mol. The third kappa shape index (κ3) is 2.54. The first kappa shape index (κ1) is 7.99. The van der Waals surface area contributed by atoms with Crippen LogP contribution in [0, 0.1) is 0 Å². The number of hydrogen-bond donors (Lipinski definition) is 0. The quantitative estimate of drug-likeness (QED) is 0.505. The Balaban J connectivity index is 2.78. The fourth-order valence-corrected chi connectivity index (χ4v) is 1.00. The molecule has 1 aliphatic rings. The maximum Gasteiger partial charge on any atom is 0.0277 e. The molecule has 0 atom stereocenters. The van der Waals surface area contributed by atoms with Crippen LogP contribution in [0.1, 0.15) is 13.3 Å². The second kappa shape index (κ2) is 3.91. The van der Waals surface area contributed by atoms with Gasteiger partial charge in [0.15, 0.2) is 0 Å². The van der Waals surface area contributed by atoms with Gasteiger partial charge in [-0.1, -0.05) is 29.9 Å². The monoisotopic (exact) mass is 147 g/mol. The minimum Gasteiger partial charge on any atom is -0.296 e. The summed E-state index contributed by atoms with van der Waals surface area (Å²) in [6, 6.07) is 0. The molecule has 0 unspecified atom stereocenters. The van der Waals surface area contributed by atoms with Crippen molar-refractivity contribution >= 4 is 6.21 Å². The minimum atomic E-state index is 0.991. The normalized spacial score (nSPS) is 18.0. The Bertz CT molecular complexity index is 242. The second-order valence-corrected chi connectivity index (χ2v) is 2.65. The smallest absolute Gasteiger partial charge is 0.0277 e. The zero-order valence-electron chi connectivity index (χ0n) is 7.04. The van der Waals surface area contributed by atoms with Gasteiger partial charge >= 0.3 is 0 Å². The lowest BCUT2D eigenvalue weighted by atomic mass is 10.2. The van der Waals surface area contributed by atoms with Crippen LogP contribution in [0.25, 0.3) is 0 Å². The summed E-state index contributed by atoms with van der Waals surface area (Å²) < 4.78 is 0. The molecule has 0 N–H and O–H groups in total. The number of nitrogens with zero attached hydrogens (tertiary/aromatic N) is 1. The van der Waals surface area contributed by atoms with E-state index in [4.69, 9.17) is 0 Å². The Kier molecular flexibility index (Phi) is 2.84. The van der Waals surface area contributed by atoms with Gasteiger partial charge in [0.05, 0.1) is 0 Å². The summed E-state index contributed by atoms with van der Waals surface area (Å²) >= 11 is 0. The molecule has 1 heteroatoms. The first-order chi connectivity index (χ1) is 5.33. The van der Waals surface area contributed by atoms with Gasteiger partial charge in [-0.25, -0.2) is 0 Å². The van der Waals surface area contributed by atoms with Crippen LogP contribution >= 0.6 is 0 Å². The molecule has 0 heterocycles. The fraction of sp³-hybridized carbons (Fsp3) is 0.300. The summed E-state index contributed by atoms with van der Waals surface area (Å²) in [6.45, 7) is 2.10. The van der Waals surface area contributed by atoms with Crippen molar-refractivity contribution in [2.24, 2.45) is 4.99 Å². The van der Waals surface area contributed by atoms with Crippen molar-refractivity contribution in [2.45, 2.75) is 13.3 Å². The lowest BCUT2D eigenvalue weighted by Crippen LogP contribution is -1.80. The molecule has 0 aliphatic heterocycles. The summed E-state index contributed by atoms with van der Waals surface area (Å²) in [5.74, 6) is 0. The van der Waals surface area contributed by atoms with E-state index >= 15 is 0 Å². The lowest BCUT2D eigenvalue weighted by molar-refractivity contribution is 1.32. The Labute approximate surface area is 67.8 Å². The Morgan fingerprint density at radius 3 is 3.00 bits per heavy atom. The molecule has 0 bridgehead atoms. The van der Waals surface area contributed by atoms with E-state index < -0.39 is 0 Å². The maximum atomic E-state index is 3.97. The lowest BCUT2D eigenvalue weighted by Gasteiger charge is -1.90. The highest BCUT2D eigenvalue weighted by Gasteiger charge is 1.92. The van der Waals surface area contributed by atoms with Crippen molar-refractivity contribution in [3.63, 3.8) is 0 Å². The molecule has 0 spiro atoms. The zero-order valence-corrected chi connectivity index (χ0v) is 7.04. The van der Waals surface area contributed by atoms with Gasteiger partial charge in [0.1, 0.15) is 0 Å². The third-order valence-corrected chi connectivity index (χ3v) is 1.59. The van der Waals surface area contributed by atoms with Crippen molar-refractivity contribution < 1.29 is 0 Å². The Morgan fingerprint density at radius 1 is 1.45 bits per heavy atom. The molecular weight excluding hydrogens is 134 g/mol. The van der Waals surface area contributed by atoms with Crippen molar-refractivity contribution in [1.82, 2.24) is 0 Å². The van der Waals surface area contributed by atoms with E-state index in [-0.39, 0.29) is 0 Å².